The Bertz CT molecular complexity index is 1250. The van der Waals surface area contributed by atoms with Gasteiger partial charge in [0.15, 0.2) is 5.82 Å². The molecule has 29 heavy (non-hydrogen) atoms. The van der Waals surface area contributed by atoms with E-state index < -0.39 is 10.9 Å². The standard InChI is InChI=1S/C19H15N5O4S/c1-23-5-4-11-2-3-12(9-16(11)23)13-6-14(8-15(7-13)24(27)28)18-20-19(22-21-18)29-10-17(25)26/h2-9H,10H2,1H3,(H,25,26)(H,20,21,22). The van der Waals surface area contributed by atoms with Gasteiger partial charge in [-0.15, -0.1) is 5.10 Å². The molecule has 2 N–H and O–H groups in total. The molecule has 0 bridgehead atoms. The Morgan fingerprint density at radius 2 is 2.00 bits per heavy atom. The SMILES string of the molecule is Cn1ccc2ccc(-c3cc(-c4nc(SCC(=O)O)n[nH]4)cc([N+](=O)[O-])c3)cc21. The van der Waals surface area contributed by atoms with E-state index in [9.17, 15) is 14.9 Å². The zero-order chi connectivity index (χ0) is 20.5. The molecule has 4 aromatic rings. The fraction of sp³-hybridized carbons (Fsp3) is 0.105. The minimum atomic E-state index is -0.977. The molecule has 0 fully saturated rings. The summed E-state index contributed by atoms with van der Waals surface area (Å²) >= 11 is 0.969. The fourth-order valence-corrected chi connectivity index (χ4v) is 3.55. The lowest BCUT2D eigenvalue weighted by Gasteiger charge is -2.06. The summed E-state index contributed by atoms with van der Waals surface area (Å²) in [5.41, 5.74) is 2.96. The first-order valence-corrected chi connectivity index (χ1v) is 9.51. The zero-order valence-electron chi connectivity index (χ0n) is 15.2. The van der Waals surface area contributed by atoms with Crippen LogP contribution in [0.25, 0.3) is 33.4 Å². The Kier molecular flexibility index (Phi) is 4.77. The van der Waals surface area contributed by atoms with Crippen LogP contribution in [0.5, 0.6) is 0 Å². The number of hydrogen-bond donors (Lipinski definition) is 2. The van der Waals surface area contributed by atoms with Gasteiger partial charge in [0.05, 0.1) is 10.7 Å². The molecule has 0 spiro atoms. The number of fused-ring (bicyclic) bond motifs is 1. The highest BCUT2D eigenvalue weighted by molar-refractivity contribution is 7.99. The molecule has 0 aliphatic carbocycles. The first kappa shape index (κ1) is 18.7. The van der Waals surface area contributed by atoms with Crippen LogP contribution in [0.4, 0.5) is 5.69 Å². The van der Waals surface area contributed by atoms with Gasteiger partial charge >= 0.3 is 5.97 Å². The second kappa shape index (κ2) is 7.40. The van der Waals surface area contributed by atoms with Gasteiger partial charge in [0, 0.05) is 36.5 Å². The number of nitro benzene ring substituents is 1. The van der Waals surface area contributed by atoms with Crippen LogP contribution in [0.15, 0.2) is 53.8 Å². The molecule has 4 rings (SSSR count). The number of aliphatic carboxylic acids is 1. The van der Waals surface area contributed by atoms with E-state index in [1.807, 2.05) is 42.1 Å². The number of hydrogen-bond acceptors (Lipinski definition) is 6. The second-order valence-corrected chi connectivity index (χ2v) is 7.32. The monoisotopic (exact) mass is 409 g/mol. The van der Waals surface area contributed by atoms with Crippen molar-refractivity contribution < 1.29 is 14.8 Å². The minimum Gasteiger partial charge on any atom is -0.481 e. The van der Waals surface area contributed by atoms with Gasteiger partial charge in [0.2, 0.25) is 5.16 Å². The Hall–Kier alpha value is -3.66. The van der Waals surface area contributed by atoms with Crippen molar-refractivity contribution in [3.05, 3.63) is 58.8 Å². The maximum atomic E-state index is 11.5. The largest absolute Gasteiger partial charge is 0.481 e. The third-order valence-corrected chi connectivity index (χ3v) is 5.25. The molecule has 146 valence electrons. The van der Waals surface area contributed by atoms with E-state index in [0.29, 0.717) is 17.0 Å². The average Bonchev–Trinajstić information content (AvgIpc) is 3.33. The number of aromatic amines is 1. The number of aromatic nitrogens is 4. The van der Waals surface area contributed by atoms with E-state index in [1.165, 1.54) is 12.1 Å². The number of rotatable bonds is 6. The van der Waals surface area contributed by atoms with Gasteiger partial charge in [-0.25, -0.2) is 4.98 Å². The molecule has 0 unspecified atom stereocenters. The Labute approximate surface area is 168 Å². The number of nitrogens with one attached hydrogen (secondary N) is 1. The molecule has 0 amide bonds. The van der Waals surface area contributed by atoms with Crippen LogP contribution >= 0.6 is 11.8 Å². The molecule has 0 saturated heterocycles. The maximum absolute atomic E-state index is 11.5. The highest BCUT2D eigenvalue weighted by atomic mass is 32.2. The van der Waals surface area contributed by atoms with Gasteiger partial charge in [-0.05, 0) is 34.7 Å². The van der Waals surface area contributed by atoms with E-state index in [-0.39, 0.29) is 16.6 Å². The molecule has 9 nitrogen and oxygen atoms in total. The lowest BCUT2D eigenvalue weighted by atomic mass is 10.0. The third kappa shape index (κ3) is 3.83. The number of nitro groups is 1. The summed E-state index contributed by atoms with van der Waals surface area (Å²) in [6.45, 7) is 0. The summed E-state index contributed by atoms with van der Waals surface area (Å²) in [5.74, 6) is -0.813. The van der Waals surface area contributed by atoms with E-state index in [4.69, 9.17) is 5.11 Å². The number of H-pyrrole nitrogens is 1. The van der Waals surface area contributed by atoms with Crippen molar-refractivity contribution in [3.8, 4) is 22.5 Å². The van der Waals surface area contributed by atoms with Crippen LogP contribution in [0.3, 0.4) is 0 Å². The molecular weight excluding hydrogens is 394 g/mol. The van der Waals surface area contributed by atoms with Gasteiger partial charge in [-0.2, -0.15) is 0 Å². The summed E-state index contributed by atoms with van der Waals surface area (Å²) in [6, 6.07) is 12.6. The Balaban J connectivity index is 1.77. The highest BCUT2D eigenvalue weighted by Crippen LogP contribution is 2.32. The molecule has 0 atom stereocenters. The number of carboxylic acids is 1. The lowest BCUT2D eigenvalue weighted by Crippen LogP contribution is -1.97. The summed E-state index contributed by atoms with van der Waals surface area (Å²) < 4.78 is 1.99. The lowest BCUT2D eigenvalue weighted by molar-refractivity contribution is -0.384. The van der Waals surface area contributed by atoms with Crippen LogP contribution in [-0.4, -0.2) is 41.5 Å². The van der Waals surface area contributed by atoms with Crippen molar-refractivity contribution in [2.45, 2.75) is 5.16 Å². The number of carboxylic acid groups (broad SMARTS) is 1. The van der Waals surface area contributed by atoms with Crippen molar-refractivity contribution in [2.24, 2.45) is 7.05 Å². The van der Waals surface area contributed by atoms with Gasteiger partial charge in [0.25, 0.3) is 5.69 Å². The number of carbonyl (C=O) groups is 1. The van der Waals surface area contributed by atoms with Crippen LogP contribution in [0.2, 0.25) is 0 Å². The Morgan fingerprint density at radius 1 is 1.21 bits per heavy atom. The zero-order valence-corrected chi connectivity index (χ0v) is 16.0. The summed E-state index contributed by atoms with van der Waals surface area (Å²) in [4.78, 5) is 26.0. The molecular formula is C19H15N5O4S. The fourth-order valence-electron chi connectivity index (χ4n) is 3.03. The van der Waals surface area contributed by atoms with E-state index in [0.717, 1.165) is 28.2 Å². The first-order valence-electron chi connectivity index (χ1n) is 8.53. The predicted octanol–water partition coefficient (Wildman–Crippen LogP) is 3.72. The molecule has 2 aromatic heterocycles. The number of non-ortho nitro benzene ring substituents is 1. The number of benzene rings is 2. The normalized spacial score (nSPS) is 11.1. The third-order valence-electron chi connectivity index (χ3n) is 4.41. The van der Waals surface area contributed by atoms with Crippen molar-refractivity contribution >= 4 is 34.3 Å². The summed E-state index contributed by atoms with van der Waals surface area (Å²) in [6.07, 6.45) is 1.96. The van der Waals surface area contributed by atoms with E-state index >= 15 is 0 Å². The van der Waals surface area contributed by atoms with E-state index in [2.05, 4.69) is 15.2 Å². The number of nitrogens with zero attached hydrogens (tertiary/aromatic N) is 4. The van der Waals surface area contributed by atoms with Crippen molar-refractivity contribution in [1.82, 2.24) is 19.7 Å². The van der Waals surface area contributed by atoms with Gasteiger partial charge in [-0.3, -0.25) is 20.0 Å². The predicted molar refractivity (Wildman–Crippen MR) is 109 cm³/mol. The van der Waals surface area contributed by atoms with Crippen molar-refractivity contribution in [1.29, 1.82) is 0 Å². The molecule has 0 radical (unpaired) electrons. The topological polar surface area (TPSA) is 127 Å². The quantitative estimate of drug-likeness (QED) is 0.282. The highest BCUT2D eigenvalue weighted by Gasteiger charge is 2.16. The van der Waals surface area contributed by atoms with E-state index in [1.54, 1.807) is 6.07 Å². The first-order chi connectivity index (χ1) is 13.9. The van der Waals surface area contributed by atoms with Crippen LogP contribution in [0.1, 0.15) is 0 Å². The smallest absolute Gasteiger partial charge is 0.313 e. The molecule has 0 aliphatic rings. The number of aryl methyl sites for hydroxylation is 1. The van der Waals surface area contributed by atoms with Gasteiger partial charge in [-0.1, -0.05) is 23.9 Å². The Morgan fingerprint density at radius 3 is 2.76 bits per heavy atom. The second-order valence-electron chi connectivity index (χ2n) is 6.37. The van der Waals surface area contributed by atoms with Crippen LogP contribution in [0, 0.1) is 10.1 Å². The van der Waals surface area contributed by atoms with Gasteiger partial charge in [0.1, 0.15) is 0 Å². The van der Waals surface area contributed by atoms with Crippen molar-refractivity contribution in [3.63, 3.8) is 0 Å². The summed E-state index contributed by atoms with van der Waals surface area (Å²) in [5, 5.41) is 28.3. The van der Waals surface area contributed by atoms with Crippen LogP contribution < -0.4 is 0 Å². The number of thioether (sulfide) groups is 1. The molecule has 0 saturated carbocycles. The minimum absolute atomic E-state index is 0.0689. The maximum Gasteiger partial charge on any atom is 0.313 e. The van der Waals surface area contributed by atoms with Crippen molar-refractivity contribution in [2.75, 3.05) is 5.75 Å². The molecule has 10 heteroatoms. The average molecular weight is 409 g/mol. The summed E-state index contributed by atoms with van der Waals surface area (Å²) in [7, 11) is 1.94. The van der Waals surface area contributed by atoms with Crippen LogP contribution in [-0.2, 0) is 11.8 Å². The van der Waals surface area contributed by atoms with Gasteiger partial charge < -0.3 is 9.67 Å². The molecule has 2 heterocycles. The molecule has 2 aromatic carbocycles. The molecule has 0 aliphatic heterocycles.